The number of para-hydroxylation sites is 2. The van der Waals surface area contributed by atoms with E-state index < -0.39 is 30.5 Å². The van der Waals surface area contributed by atoms with Crippen molar-refractivity contribution in [2.45, 2.75) is 12.6 Å². The molecule has 2 N–H and O–H groups in total. The normalized spacial score (nSPS) is 16.5. The van der Waals surface area contributed by atoms with Crippen LogP contribution in [0.3, 0.4) is 0 Å². The summed E-state index contributed by atoms with van der Waals surface area (Å²) in [6.45, 7) is -1.33. The highest BCUT2D eigenvalue weighted by Gasteiger charge is 2.36. The van der Waals surface area contributed by atoms with E-state index in [1.54, 1.807) is 35.6 Å². The maximum atomic E-state index is 12.7. The number of alkyl halides is 3. The summed E-state index contributed by atoms with van der Waals surface area (Å²) >= 11 is 3.38. The van der Waals surface area contributed by atoms with Crippen LogP contribution in [0.15, 0.2) is 53.0 Å². The van der Waals surface area contributed by atoms with E-state index in [0.717, 1.165) is 0 Å². The monoisotopic (exact) mass is 483 g/mol. The third-order valence-corrected chi connectivity index (χ3v) is 5.19. The summed E-state index contributed by atoms with van der Waals surface area (Å²) in [5, 5.41) is 4.35. The Bertz CT molecular complexity index is 981. The van der Waals surface area contributed by atoms with Gasteiger partial charge in [-0.3, -0.25) is 14.4 Å². The molecule has 30 heavy (non-hydrogen) atoms. The molecular weight excluding hydrogens is 467 g/mol. The molecule has 1 heterocycles. The van der Waals surface area contributed by atoms with Crippen molar-refractivity contribution < 1.29 is 27.6 Å². The van der Waals surface area contributed by atoms with Crippen LogP contribution in [-0.2, 0) is 9.59 Å². The molecule has 0 aromatic heterocycles. The van der Waals surface area contributed by atoms with E-state index in [9.17, 15) is 27.6 Å². The van der Waals surface area contributed by atoms with Gasteiger partial charge in [-0.1, -0.05) is 24.3 Å². The highest BCUT2D eigenvalue weighted by atomic mass is 79.9. The van der Waals surface area contributed by atoms with Crippen LogP contribution in [0.1, 0.15) is 16.8 Å². The summed E-state index contributed by atoms with van der Waals surface area (Å²) < 4.78 is 37.8. The number of nitrogens with zero attached hydrogens (tertiary/aromatic N) is 1. The molecule has 158 valence electrons. The lowest BCUT2D eigenvalue weighted by Gasteiger charge is -2.18. The zero-order valence-electron chi connectivity index (χ0n) is 15.5. The number of anilines is 2. The fraction of sp³-hybridized carbons (Fsp3) is 0.250. The first-order chi connectivity index (χ1) is 14.2. The van der Waals surface area contributed by atoms with Gasteiger partial charge in [0.1, 0.15) is 6.54 Å². The van der Waals surface area contributed by atoms with Crippen molar-refractivity contribution in [1.82, 2.24) is 5.32 Å². The lowest BCUT2D eigenvalue weighted by atomic mass is 10.1. The molecule has 1 aliphatic heterocycles. The van der Waals surface area contributed by atoms with E-state index in [4.69, 9.17) is 0 Å². The third-order valence-electron chi connectivity index (χ3n) is 4.52. The number of nitrogens with one attached hydrogen (secondary N) is 2. The van der Waals surface area contributed by atoms with Crippen molar-refractivity contribution in [2.24, 2.45) is 5.92 Å². The van der Waals surface area contributed by atoms with E-state index in [-0.39, 0.29) is 30.1 Å². The quantitative estimate of drug-likeness (QED) is 0.679. The molecule has 1 unspecified atom stereocenters. The van der Waals surface area contributed by atoms with E-state index in [1.807, 2.05) is 0 Å². The predicted octanol–water partition coefficient (Wildman–Crippen LogP) is 3.73. The molecule has 2 aromatic carbocycles. The molecule has 3 amide bonds. The van der Waals surface area contributed by atoms with Gasteiger partial charge in [-0.05, 0) is 40.2 Å². The molecule has 0 radical (unpaired) electrons. The van der Waals surface area contributed by atoms with Crippen LogP contribution in [0.5, 0.6) is 0 Å². The SMILES string of the molecule is O=C(NCC(F)(F)F)c1ccccc1NC(=O)C1CC(=O)N(c2ccccc2Br)C1. The molecule has 0 saturated carbocycles. The first-order valence-electron chi connectivity index (χ1n) is 8.95. The molecule has 2 aromatic rings. The number of amides is 3. The van der Waals surface area contributed by atoms with E-state index >= 15 is 0 Å². The highest BCUT2D eigenvalue weighted by Crippen LogP contribution is 2.32. The van der Waals surface area contributed by atoms with Crippen molar-refractivity contribution in [1.29, 1.82) is 0 Å². The number of carbonyl (C=O) groups excluding carboxylic acids is 3. The van der Waals surface area contributed by atoms with E-state index in [0.29, 0.717) is 10.2 Å². The standard InChI is InChI=1S/C20H17BrF3N3O3/c21-14-6-2-4-8-16(14)27-10-12(9-17(27)28)18(29)26-15-7-3-1-5-13(15)19(30)25-11-20(22,23)24/h1-8,12H,9-11H2,(H,25,30)(H,26,29). The van der Waals surface area contributed by atoms with Gasteiger partial charge in [0.05, 0.1) is 22.9 Å². The molecule has 1 aliphatic rings. The van der Waals surface area contributed by atoms with E-state index in [1.165, 1.54) is 23.1 Å². The van der Waals surface area contributed by atoms with Gasteiger partial charge in [0.25, 0.3) is 5.91 Å². The molecule has 1 atom stereocenters. The third kappa shape index (κ3) is 5.18. The van der Waals surface area contributed by atoms with Crippen LogP contribution in [0.4, 0.5) is 24.5 Å². The molecule has 0 spiro atoms. The molecule has 1 fully saturated rings. The maximum absolute atomic E-state index is 12.7. The molecule has 0 bridgehead atoms. The Morgan fingerprint density at radius 1 is 1.10 bits per heavy atom. The average molecular weight is 484 g/mol. The number of rotatable bonds is 5. The Hall–Kier alpha value is -2.88. The Morgan fingerprint density at radius 3 is 2.47 bits per heavy atom. The summed E-state index contributed by atoms with van der Waals surface area (Å²) in [5.74, 6) is -2.34. The van der Waals surface area contributed by atoms with Crippen LogP contribution < -0.4 is 15.5 Å². The highest BCUT2D eigenvalue weighted by molar-refractivity contribution is 9.10. The number of hydrogen-bond acceptors (Lipinski definition) is 3. The fourth-order valence-electron chi connectivity index (χ4n) is 3.09. The summed E-state index contributed by atoms with van der Waals surface area (Å²) in [5.41, 5.74) is 0.626. The van der Waals surface area contributed by atoms with Crippen molar-refractivity contribution in [2.75, 3.05) is 23.3 Å². The number of benzene rings is 2. The largest absolute Gasteiger partial charge is 0.405 e. The van der Waals surface area contributed by atoms with Crippen molar-refractivity contribution in [3.05, 3.63) is 58.6 Å². The Labute approximate surface area is 178 Å². The number of carbonyl (C=O) groups is 3. The minimum absolute atomic E-state index is 0.0182. The lowest BCUT2D eigenvalue weighted by molar-refractivity contribution is -0.123. The van der Waals surface area contributed by atoms with Crippen molar-refractivity contribution in [3.63, 3.8) is 0 Å². The van der Waals surface area contributed by atoms with Gasteiger partial charge in [-0.15, -0.1) is 0 Å². The van der Waals surface area contributed by atoms with Gasteiger partial charge in [0.15, 0.2) is 0 Å². The Balaban J connectivity index is 1.70. The molecule has 6 nitrogen and oxygen atoms in total. The van der Waals surface area contributed by atoms with Crippen LogP contribution in [0.2, 0.25) is 0 Å². The smallest absolute Gasteiger partial charge is 0.343 e. The second kappa shape index (κ2) is 8.86. The Morgan fingerprint density at radius 2 is 1.77 bits per heavy atom. The summed E-state index contributed by atoms with van der Waals surface area (Å²) in [7, 11) is 0. The topological polar surface area (TPSA) is 78.5 Å². The molecule has 0 aliphatic carbocycles. The minimum atomic E-state index is -4.55. The number of hydrogen-bond donors (Lipinski definition) is 2. The second-order valence-electron chi connectivity index (χ2n) is 6.69. The molecule has 10 heteroatoms. The van der Waals surface area contributed by atoms with Crippen molar-refractivity contribution >= 4 is 45.0 Å². The summed E-state index contributed by atoms with van der Waals surface area (Å²) in [6, 6.07) is 12.9. The molecular formula is C20H17BrF3N3O3. The zero-order chi connectivity index (χ0) is 21.9. The fourth-order valence-corrected chi connectivity index (χ4v) is 3.59. The van der Waals surface area contributed by atoms with Gasteiger partial charge in [-0.2, -0.15) is 13.2 Å². The first kappa shape index (κ1) is 21.8. The Kier molecular flexibility index (Phi) is 6.45. The van der Waals surface area contributed by atoms with E-state index in [2.05, 4.69) is 21.2 Å². The van der Waals surface area contributed by atoms with Gasteiger partial charge in [0.2, 0.25) is 11.8 Å². The number of halogens is 4. The molecule has 3 rings (SSSR count). The average Bonchev–Trinajstić information content (AvgIpc) is 3.08. The van der Waals surface area contributed by atoms with Crippen LogP contribution >= 0.6 is 15.9 Å². The van der Waals surface area contributed by atoms with Gasteiger partial charge in [0, 0.05) is 17.4 Å². The second-order valence-corrected chi connectivity index (χ2v) is 7.54. The van der Waals surface area contributed by atoms with Crippen LogP contribution in [0.25, 0.3) is 0 Å². The molecule has 1 saturated heterocycles. The zero-order valence-corrected chi connectivity index (χ0v) is 17.1. The van der Waals surface area contributed by atoms with Gasteiger partial charge >= 0.3 is 6.18 Å². The first-order valence-corrected chi connectivity index (χ1v) is 9.75. The van der Waals surface area contributed by atoms with Crippen LogP contribution in [0, 0.1) is 5.92 Å². The predicted molar refractivity (Wildman–Crippen MR) is 108 cm³/mol. The van der Waals surface area contributed by atoms with Gasteiger partial charge < -0.3 is 15.5 Å². The van der Waals surface area contributed by atoms with Crippen LogP contribution in [-0.4, -0.2) is 37.0 Å². The maximum Gasteiger partial charge on any atom is 0.405 e. The lowest BCUT2D eigenvalue weighted by Crippen LogP contribution is -2.34. The van der Waals surface area contributed by atoms with Gasteiger partial charge in [-0.25, -0.2) is 0 Å². The van der Waals surface area contributed by atoms with Crippen molar-refractivity contribution in [3.8, 4) is 0 Å². The summed E-state index contributed by atoms with van der Waals surface area (Å²) in [4.78, 5) is 38.7. The minimum Gasteiger partial charge on any atom is -0.343 e. The summed E-state index contributed by atoms with van der Waals surface area (Å²) in [6.07, 6.45) is -4.57.